The zero-order valence-electron chi connectivity index (χ0n) is 37.0. The maximum Gasteiger partial charge on any atom is 0.416 e. The number of aromatic nitrogens is 4. The van der Waals surface area contributed by atoms with Crippen LogP contribution in [0.2, 0.25) is 0 Å². The van der Waals surface area contributed by atoms with Gasteiger partial charge in [-0.15, -0.1) is 0 Å². The van der Waals surface area contributed by atoms with E-state index in [4.69, 9.17) is 19.4 Å². The molecule has 0 saturated heterocycles. The zero-order chi connectivity index (χ0) is 46.5. The van der Waals surface area contributed by atoms with Crippen molar-refractivity contribution in [1.82, 2.24) is 18.8 Å². The Balaban J connectivity index is 0.000000168. The lowest BCUT2D eigenvalue weighted by molar-refractivity contribution is -0.137. The van der Waals surface area contributed by atoms with Crippen LogP contribution in [-0.2, 0) is 19.4 Å². The molecule has 0 spiro atoms. The molecule has 67 heavy (non-hydrogen) atoms. The quantitative estimate of drug-likeness (QED) is 0.121. The summed E-state index contributed by atoms with van der Waals surface area (Å²) in [5.74, 6) is 1.19. The van der Waals surface area contributed by atoms with Crippen molar-refractivity contribution >= 4 is 17.1 Å². The van der Waals surface area contributed by atoms with Crippen molar-refractivity contribution < 1.29 is 27.4 Å². The lowest BCUT2D eigenvalue weighted by atomic mass is 10.1. The fraction of sp³-hybridized carbons (Fsp3) is 0.105. The van der Waals surface area contributed by atoms with Crippen LogP contribution in [0.4, 0.5) is 13.2 Å². The van der Waals surface area contributed by atoms with Crippen LogP contribution in [0.15, 0.2) is 195 Å². The van der Waals surface area contributed by atoms with E-state index in [1.165, 1.54) is 23.3 Å². The summed E-state index contributed by atoms with van der Waals surface area (Å²) in [6, 6.07) is 53.1. The van der Waals surface area contributed by atoms with E-state index in [1.54, 1.807) is 19.1 Å². The molecule has 0 bridgehead atoms. The molecule has 0 aliphatic carbocycles. The van der Waals surface area contributed by atoms with Crippen LogP contribution >= 0.6 is 0 Å². The number of carbonyl (C=O) groups excluding carboxylic acids is 1. The molecule has 0 aliphatic rings. The average molecular weight is 891 g/mol. The van der Waals surface area contributed by atoms with E-state index in [2.05, 4.69) is 103 Å². The smallest absolute Gasteiger partial charge is 0.416 e. The van der Waals surface area contributed by atoms with Gasteiger partial charge in [0.05, 0.1) is 17.0 Å². The second kappa shape index (κ2) is 19.1. The normalized spacial score (nSPS) is 11.3. The van der Waals surface area contributed by atoms with Gasteiger partial charge in [0.25, 0.3) is 0 Å². The minimum absolute atomic E-state index is 0.0510. The first kappa shape index (κ1) is 44.0. The highest BCUT2D eigenvalue weighted by molar-refractivity contribution is 5.94. The number of hydrogen-bond donors (Lipinski definition) is 0. The van der Waals surface area contributed by atoms with Gasteiger partial charge in [0.15, 0.2) is 5.78 Å². The Labute approximate surface area is 386 Å². The molecule has 0 aliphatic heterocycles. The molecule has 0 radical (unpaired) electrons. The molecule has 0 atom stereocenters. The fourth-order valence-corrected chi connectivity index (χ4v) is 7.59. The van der Waals surface area contributed by atoms with Crippen molar-refractivity contribution in [3.8, 4) is 56.3 Å². The zero-order valence-corrected chi connectivity index (χ0v) is 37.0. The van der Waals surface area contributed by atoms with E-state index in [9.17, 15) is 18.0 Å². The van der Waals surface area contributed by atoms with Gasteiger partial charge < -0.3 is 18.3 Å². The predicted octanol–water partition coefficient (Wildman–Crippen LogP) is 14.3. The molecular weight excluding hydrogens is 846 g/mol. The number of halogens is 3. The van der Waals surface area contributed by atoms with Crippen molar-refractivity contribution in [3.05, 3.63) is 228 Å². The van der Waals surface area contributed by atoms with E-state index in [-0.39, 0.29) is 12.4 Å². The maximum atomic E-state index is 12.7. The number of benzene rings is 6. The Hall–Kier alpha value is -8.24. The highest BCUT2D eigenvalue weighted by Gasteiger charge is 2.30. The number of fused-ring (bicyclic) bond motifs is 2. The first-order chi connectivity index (χ1) is 32.4. The third-order valence-corrected chi connectivity index (χ3v) is 11.4. The minimum atomic E-state index is -4.36. The Kier molecular flexibility index (Phi) is 12.5. The van der Waals surface area contributed by atoms with E-state index in [0.717, 1.165) is 85.1 Å². The number of ketones is 1. The minimum Gasteiger partial charge on any atom is -0.489 e. The summed E-state index contributed by atoms with van der Waals surface area (Å²) in [7, 11) is 0. The Bertz CT molecular complexity index is 3320. The number of aryl methyl sites for hydroxylation is 2. The van der Waals surface area contributed by atoms with Crippen molar-refractivity contribution in [1.29, 1.82) is 0 Å². The first-order valence-corrected chi connectivity index (χ1v) is 21.7. The number of Topliss-reactive ketones (excluding diaryl/α,β-unsaturated/α-hetero) is 1. The predicted molar refractivity (Wildman–Crippen MR) is 258 cm³/mol. The van der Waals surface area contributed by atoms with Gasteiger partial charge in [0, 0.05) is 41.5 Å². The summed E-state index contributed by atoms with van der Waals surface area (Å²) in [6.07, 6.45) is 3.88. The molecule has 0 N–H and O–H groups in total. The molecule has 10 heteroatoms. The fourth-order valence-electron chi connectivity index (χ4n) is 7.59. The highest BCUT2D eigenvalue weighted by Crippen LogP contribution is 2.31. The third-order valence-electron chi connectivity index (χ3n) is 11.4. The number of imidazole rings is 2. The standard InChI is InChI=1S/C29H24N2O2.C28H21F3N2O/c1-20-6-8-24(9-7-20)28-18-31-17-26(12-15-29(31)30-28)25-5-3-4-22(16-25)19-33-27-13-10-23(11-14-27)21(2)32;1-19-5-7-21(8-6-19)26-17-33-16-23(9-14-27(33)32-26)22-4-2-3-20(15-22)18-34-25-12-10-24(11-13-25)28(29,30)31/h3-18H,19H2,1-2H3;2-17H,18H2,1H3. The van der Waals surface area contributed by atoms with E-state index in [0.29, 0.717) is 17.9 Å². The summed E-state index contributed by atoms with van der Waals surface area (Å²) in [4.78, 5) is 20.9. The molecule has 0 fully saturated rings. The molecule has 0 unspecified atom stereocenters. The topological polar surface area (TPSA) is 70.1 Å². The molecule has 10 rings (SSSR count). The lowest BCUT2D eigenvalue weighted by Crippen LogP contribution is -2.04. The van der Waals surface area contributed by atoms with Crippen LogP contribution in [0, 0.1) is 13.8 Å². The van der Waals surface area contributed by atoms with Crippen LogP contribution < -0.4 is 9.47 Å². The number of rotatable bonds is 11. The Morgan fingerprint density at radius 2 is 0.910 bits per heavy atom. The number of ether oxygens (including phenoxy) is 2. The van der Waals surface area contributed by atoms with Gasteiger partial charge in [-0.3, -0.25) is 4.79 Å². The van der Waals surface area contributed by atoms with Crippen molar-refractivity contribution in [2.45, 2.75) is 40.2 Å². The third kappa shape index (κ3) is 10.7. The number of pyridine rings is 2. The monoisotopic (exact) mass is 890 g/mol. The van der Waals surface area contributed by atoms with Crippen LogP contribution in [0.1, 0.15) is 45.1 Å². The van der Waals surface area contributed by atoms with Crippen molar-refractivity contribution in [2.24, 2.45) is 0 Å². The summed E-state index contributed by atoms with van der Waals surface area (Å²) in [5.41, 5.74) is 14.5. The van der Waals surface area contributed by atoms with Crippen molar-refractivity contribution in [2.75, 3.05) is 0 Å². The number of carbonyl (C=O) groups is 1. The number of nitrogens with zero attached hydrogens (tertiary/aromatic N) is 4. The molecule has 6 aromatic carbocycles. The van der Waals surface area contributed by atoms with Gasteiger partial charge in [0.2, 0.25) is 0 Å². The van der Waals surface area contributed by atoms with E-state index in [1.807, 2.05) is 77.5 Å². The number of alkyl halides is 3. The summed E-state index contributed by atoms with van der Waals surface area (Å²) in [6.45, 7) is 6.42. The van der Waals surface area contributed by atoms with Gasteiger partial charge in [-0.05, 0) is 139 Å². The number of hydrogen-bond acceptors (Lipinski definition) is 5. The molecule has 7 nitrogen and oxygen atoms in total. The molecular formula is C57H45F3N4O3. The average Bonchev–Trinajstić information content (AvgIpc) is 3.98. The summed E-state index contributed by atoms with van der Waals surface area (Å²) < 4.78 is 53.9. The van der Waals surface area contributed by atoms with Gasteiger partial charge in [0.1, 0.15) is 36.0 Å². The first-order valence-electron chi connectivity index (χ1n) is 21.7. The second-order valence-electron chi connectivity index (χ2n) is 16.4. The van der Waals surface area contributed by atoms with Crippen LogP contribution in [-0.4, -0.2) is 24.6 Å². The van der Waals surface area contributed by atoms with Crippen LogP contribution in [0.3, 0.4) is 0 Å². The molecule has 332 valence electrons. The summed E-state index contributed by atoms with van der Waals surface area (Å²) in [5, 5.41) is 0. The van der Waals surface area contributed by atoms with Gasteiger partial charge in [-0.1, -0.05) is 96.1 Å². The summed E-state index contributed by atoms with van der Waals surface area (Å²) >= 11 is 0. The molecule has 4 heterocycles. The molecule has 4 aromatic heterocycles. The van der Waals surface area contributed by atoms with E-state index >= 15 is 0 Å². The van der Waals surface area contributed by atoms with Gasteiger partial charge in [-0.25, -0.2) is 9.97 Å². The van der Waals surface area contributed by atoms with Gasteiger partial charge >= 0.3 is 6.18 Å². The maximum absolute atomic E-state index is 12.7. The molecule has 0 amide bonds. The lowest BCUT2D eigenvalue weighted by Gasteiger charge is -2.10. The molecule has 0 saturated carbocycles. The van der Waals surface area contributed by atoms with Crippen LogP contribution in [0.5, 0.6) is 11.5 Å². The largest absolute Gasteiger partial charge is 0.489 e. The molecule has 10 aromatic rings. The van der Waals surface area contributed by atoms with Gasteiger partial charge in [-0.2, -0.15) is 13.2 Å². The SMILES string of the molecule is CC(=O)c1ccc(OCc2cccc(-c3ccc4nc(-c5ccc(C)cc5)cn4c3)c2)cc1.Cc1ccc(-c2cn3cc(-c4cccc(COc5ccc(C(F)(F)F)cc5)c4)ccc3n2)cc1. The van der Waals surface area contributed by atoms with Crippen LogP contribution in [0.25, 0.3) is 56.1 Å². The van der Waals surface area contributed by atoms with E-state index < -0.39 is 11.7 Å². The Morgan fingerprint density at radius 3 is 1.33 bits per heavy atom. The second-order valence-corrected chi connectivity index (χ2v) is 16.4. The van der Waals surface area contributed by atoms with Crippen molar-refractivity contribution in [3.63, 3.8) is 0 Å². The Morgan fingerprint density at radius 1 is 0.493 bits per heavy atom. The highest BCUT2D eigenvalue weighted by atomic mass is 19.4.